The van der Waals surface area contributed by atoms with Crippen molar-refractivity contribution in [3.63, 3.8) is 0 Å². The molecule has 0 atom stereocenters. The summed E-state index contributed by atoms with van der Waals surface area (Å²) >= 11 is 5.95. The van der Waals surface area contributed by atoms with Gasteiger partial charge >= 0.3 is 0 Å². The second kappa shape index (κ2) is 6.34. The van der Waals surface area contributed by atoms with Crippen molar-refractivity contribution in [2.75, 3.05) is 12.4 Å². The average molecular weight is 294 g/mol. The molecule has 1 aromatic carbocycles. The van der Waals surface area contributed by atoms with Gasteiger partial charge in [0.2, 0.25) is 0 Å². The molecule has 0 bridgehead atoms. The number of hydrogen-bond donors (Lipinski definition) is 2. The second-order valence-electron chi connectivity index (χ2n) is 4.09. The maximum Gasteiger partial charge on any atom is 0.271 e. The summed E-state index contributed by atoms with van der Waals surface area (Å²) in [7, 11) is 1.70. The van der Waals surface area contributed by atoms with Crippen LogP contribution in [0.2, 0.25) is 5.02 Å². The maximum atomic E-state index is 12.8. The van der Waals surface area contributed by atoms with Crippen molar-refractivity contribution in [1.82, 2.24) is 10.3 Å². The van der Waals surface area contributed by atoms with E-state index in [-0.39, 0.29) is 29.0 Å². The molecule has 0 saturated heterocycles. The zero-order valence-electron chi connectivity index (χ0n) is 10.8. The Labute approximate surface area is 121 Å². The van der Waals surface area contributed by atoms with E-state index in [1.54, 1.807) is 31.3 Å². The number of carbonyl (C=O) groups excluding carboxylic acids is 1. The molecule has 0 saturated carbocycles. The smallest absolute Gasteiger partial charge is 0.271 e. The van der Waals surface area contributed by atoms with Gasteiger partial charge in [0.1, 0.15) is 17.3 Å². The minimum atomic E-state index is -0.378. The Morgan fingerprint density at radius 1 is 1.25 bits per heavy atom. The van der Waals surface area contributed by atoms with Crippen molar-refractivity contribution >= 4 is 23.3 Å². The Hall–Kier alpha value is -2.14. The van der Waals surface area contributed by atoms with Gasteiger partial charge < -0.3 is 10.6 Å². The molecule has 0 aliphatic rings. The van der Waals surface area contributed by atoms with E-state index in [1.165, 1.54) is 12.1 Å². The molecule has 0 aliphatic carbocycles. The summed E-state index contributed by atoms with van der Waals surface area (Å²) in [4.78, 5) is 16.1. The summed E-state index contributed by atoms with van der Waals surface area (Å²) < 4.78 is 12.8. The first kappa shape index (κ1) is 14.3. The number of pyridine rings is 1. The van der Waals surface area contributed by atoms with Gasteiger partial charge in [-0.2, -0.15) is 0 Å². The Morgan fingerprint density at radius 3 is 2.60 bits per heavy atom. The summed E-state index contributed by atoms with van der Waals surface area (Å²) in [6.45, 7) is 0.279. The van der Waals surface area contributed by atoms with E-state index >= 15 is 0 Å². The quantitative estimate of drug-likeness (QED) is 0.911. The SMILES string of the molecule is CNc1ccc(Cl)c(C(=O)NCc2ccc(F)cc2)n1. The molecule has 0 fully saturated rings. The van der Waals surface area contributed by atoms with E-state index in [0.717, 1.165) is 5.56 Å². The van der Waals surface area contributed by atoms with Crippen LogP contribution in [-0.4, -0.2) is 17.9 Å². The molecule has 0 radical (unpaired) electrons. The first-order chi connectivity index (χ1) is 9.60. The van der Waals surface area contributed by atoms with Gasteiger partial charge in [0, 0.05) is 13.6 Å². The third-order valence-corrected chi connectivity index (χ3v) is 2.99. The zero-order valence-corrected chi connectivity index (χ0v) is 11.5. The normalized spacial score (nSPS) is 10.2. The van der Waals surface area contributed by atoms with Crippen LogP contribution in [0.1, 0.15) is 16.1 Å². The fraction of sp³-hybridized carbons (Fsp3) is 0.143. The number of hydrogen-bond acceptors (Lipinski definition) is 3. The molecule has 104 valence electrons. The van der Waals surface area contributed by atoms with E-state index in [9.17, 15) is 9.18 Å². The van der Waals surface area contributed by atoms with Crippen LogP contribution in [-0.2, 0) is 6.54 Å². The lowest BCUT2D eigenvalue weighted by Gasteiger charge is -2.08. The van der Waals surface area contributed by atoms with Gasteiger partial charge in [-0.1, -0.05) is 23.7 Å². The molecular weight excluding hydrogens is 281 g/mol. The molecule has 2 aromatic rings. The summed E-state index contributed by atoms with van der Waals surface area (Å²) in [5.41, 5.74) is 0.946. The fourth-order valence-electron chi connectivity index (χ4n) is 1.61. The van der Waals surface area contributed by atoms with Crippen LogP contribution in [0.4, 0.5) is 10.2 Å². The predicted octanol–water partition coefficient (Wildman–Crippen LogP) is 2.85. The highest BCUT2D eigenvalue weighted by Gasteiger charge is 2.12. The van der Waals surface area contributed by atoms with Crippen LogP contribution < -0.4 is 10.6 Å². The largest absolute Gasteiger partial charge is 0.373 e. The molecule has 0 aliphatic heterocycles. The molecule has 1 amide bonds. The molecular formula is C14H13ClFN3O. The van der Waals surface area contributed by atoms with Crippen LogP contribution in [0.25, 0.3) is 0 Å². The summed E-state index contributed by atoms with van der Waals surface area (Å²) in [6.07, 6.45) is 0. The highest BCUT2D eigenvalue weighted by atomic mass is 35.5. The van der Waals surface area contributed by atoms with Crippen molar-refractivity contribution in [2.24, 2.45) is 0 Å². The third-order valence-electron chi connectivity index (χ3n) is 2.68. The van der Waals surface area contributed by atoms with Crippen molar-refractivity contribution in [1.29, 1.82) is 0 Å². The lowest BCUT2D eigenvalue weighted by Crippen LogP contribution is -2.24. The lowest BCUT2D eigenvalue weighted by molar-refractivity contribution is 0.0946. The van der Waals surface area contributed by atoms with Crippen molar-refractivity contribution in [3.8, 4) is 0 Å². The first-order valence-corrected chi connectivity index (χ1v) is 6.35. The van der Waals surface area contributed by atoms with E-state index in [2.05, 4.69) is 15.6 Å². The standard InChI is InChI=1S/C14H13ClFN3O/c1-17-12-7-6-11(15)13(19-12)14(20)18-8-9-2-4-10(16)5-3-9/h2-7H,8H2,1H3,(H,17,19)(H,18,20). The van der Waals surface area contributed by atoms with Crippen LogP contribution in [0.15, 0.2) is 36.4 Å². The van der Waals surface area contributed by atoms with Crippen molar-refractivity contribution < 1.29 is 9.18 Å². The minimum Gasteiger partial charge on any atom is -0.373 e. The number of halogens is 2. The Morgan fingerprint density at radius 2 is 1.95 bits per heavy atom. The minimum absolute atomic E-state index is 0.153. The molecule has 1 heterocycles. The van der Waals surface area contributed by atoms with Crippen LogP contribution >= 0.6 is 11.6 Å². The highest BCUT2D eigenvalue weighted by Crippen LogP contribution is 2.16. The van der Waals surface area contributed by atoms with Crippen molar-refractivity contribution in [2.45, 2.75) is 6.54 Å². The topological polar surface area (TPSA) is 54.0 Å². The van der Waals surface area contributed by atoms with Crippen LogP contribution in [0.3, 0.4) is 0 Å². The fourth-order valence-corrected chi connectivity index (χ4v) is 1.80. The molecule has 4 nitrogen and oxygen atoms in total. The van der Waals surface area contributed by atoms with E-state index in [1.807, 2.05) is 0 Å². The van der Waals surface area contributed by atoms with Gasteiger partial charge in [-0.25, -0.2) is 9.37 Å². The predicted molar refractivity (Wildman–Crippen MR) is 76.4 cm³/mol. The zero-order chi connectivity index (χ0) is 14.5. The van der Waals surface area contributed by atoms with Gasteiger partial charge in [0.15, 0.2) is 0 Å². The average Bonchev–Trinajstić information content (AvgIpc) is 2.47. The van der Waals surface area contributed by atoms with Crippen molar-refractivity contribution in [3.05, 3.63) is 58.5 Å². The van der Waals surface area contributed by atoms with Gasteiger partial charge in [-0.15, -0.1) is 0 Å². The van der Waals surface area contributed by atoms with E-state index in [4.69, 9.17) is 11.6 Å². The number of amides is 1. The number of nitrogens with zero attached hydrogens (tertiary/aromatic N) is 1. The molecule has 2 N–H and O–H groups in total. The molecule has 6 heteroatoms. The monoisotopic (exact) mass is 293 g/mol. The lowest BCUT2D eigenvalue weighted by atomic mass is 10.2. The maximum absolute atomic E-state index is 12.8. The number of nitrogens with one attached hydrogen (secondary N) is 2. The van der Waals surface area contributed by atoms with Crippen LogP contribution in [0, 0.1) is 5.82 Å². The third kappa shape index (κ3) is 3.45. The number of anilines is 1. The van der Waals surface area contributed by atoms with Gasteiger partial charge in [0.25, 0.3) is 5.91 Å². The van der Waals surface area contributed by atoms with Gasteiger partial charge in [-0.05, 0) is 29.8 Å². The number of aromatic nitrogens is 1. The molecule has 1 aromatic heterocycles. The first-order valence-electron chi connectivity index (χ1n) is 5.97. The number of benzene rings is 1. The number of carbonyl (C=O) groups is 1. The van der Waals surface area contributed by atoms with Crippen LogP contribution in [0.5, 0.6) is 0 Å². The summed E-state index contributed by atoms with van der Waals surface area (Å²) in [5.74, 6) is -0.135. The highest BCUT2D eigenvalue weighted by molar-refractivity contribution is 6.33. The Bertz CT molecular complexity index is 616. The van der Waals surface area contributed by atoms with Gasteiger partial charge in [0.05, 0.1) is 5.02 Å². The van der Waals surface area contributed by atoms with Gasteiger partial charge in [-0.3, -0.25) is 4.79 Å². The molecule has 2 rings (SSSR count). The van der Waals surface area contributed by atoms with E-state index in [0.29, 0.717) is 5.82 Å². The van der Waals surface area contributed by atoms with E-state index < -0.39 is 0 Å². The Balaban J connectivity index is 2.06. The Kier molecular flexibility index (Phi) is 4.53. The summed E-state index contributed by atoms with van der Waals surface area (Å²) in [5, 5.41) is 5.81. The molecule has 20 heavy (non-hydrogen) atoms. The number of rotatable bonds is 4. The second-order valence-corrected chi connectivity index (χ2v) is 4.49. The summed E-state index contributed by atoms with van der Waals surface area (Å²) in [6, 6.07) is 9.18. The molecule has 0 unspecified atom stereocenters. The molecule has 0 spiro atoms.